The van der Waals surface area contributed by atoms with Crippen molar-refractivity contribution in [2.24, 2.45) is 0 Å². The molecule has 17 nitrogen and oxygen atoms in total. The molecular weight excluding hydrogens is 522 g/mol. The van der Waals surface area contributed by atoms with Crippen LogP contribution in [0.2, 0.25) is 0 Å². The fourth-order valence-electron chi connectivity index (χ4n) is 2.98. The Labute approximate surface area is 201 Å². The average Bonchev–Trinajstić information content (AvgIpc) is 3.03. The molecule has 1 saturated heterocycles. The molecule has 36 heavy (non-hydrogen) atoms. The predicted octanol–water partition coefficient (Wildman–Crippen LogP) is -0.475. The number of nitrogens with one attached hydrogen (secondary N) is 1. The van der Waals surface area contributed by atoms with Gasteiger partial charge in [-0.15, -0.1) is 0 Å². The van der Waals surface area contributed by atoms with E-state index in [4.69, 9.17) is 18.3 Å². The van der Waals surface area contributed by atoms with Crippen molar-refractivity contribution < 1.29 is 66.0 Å². The SMILES string of the molecule is COC(=O)OCOP(=O)(OCOC(=O)OC)OCC1(CF)OC(n2ccc(=O)[nH]c2=O)C(C)(O)C1O. The summed E-state index contributed by atoms with van der Waals surface area (Å²) in [4.78, 5) is 47.6. The number of nitrogens with zero attached hydrogens (tertiary/aromatic N) is 1. The maximum absolute atomic E-state index is 14.2. The number of aromatic amines is 1. The minimum atomic E-state index is -4.86. The maximum Gasteiger partial charge on any atom is 0.510 e. The highest BCUT2D eigenvalue weighted by Crippen LogP contribution is 2.52. The highest BCUT2D eigenvalue weighted by Gasteiger charge is 2.63. The van der Waals surface area contributed by atoms with Crippen LogP contribution in [0.5, 0.6) is 0 Å². The van der Waals surface area contributed by atoms with Gasteiger partial charge >= 0.3 is 25.8 Å². The lowest BCUT2D eigenvalue weighted by atomic mass is 9.88. The van der Waals surface area contributed by atoms with E-state index in [-0.39, 0.29) is 0 Å². The highest BCUT2D eigenvalue weighted by atomic mass is 31.2. The third-order valence-electron chi connectivity index (χ3n) is 4.80. The number of rotatable bonds is 11. The van der Waals surface area contributed by atoms with Crippen molar-refractivity contribution in [1.82, 2.24) is 9.55 Å². The van der Waals surface area contributed by atoms with E-state index in [9.17, 15) is 38.3 Å². The van der Waals surface area contributed by atoms with Gasteiger partial charge in [-0.05, 0) is 6.92 Å². The number of aliphatic hydroxyl groups is 2. The van der Waals surface area contributed by atoms with Crippen LogP contribution < -0.4 is 11.2 Å². The molecule has 0 aromatic carbocycles. The smallest absolute Gasteiger partial charge is 0.438 e. The van der Waals surface area contributed by atoms with Crippen molar-refractivity contribution in [3.8, 4) is 0 Å². The number of aromatic nitrogens is 2. The lowest BCUT2D eigenvalue weighted by molar-refractivity contribution is -0.141. The molecule has 0 bridgehead atoms. The molecule has 3 N–H and O–H groups in total. The Kier molecular flexibility index (Phi) is 9.72. The number of hydrogen-bond acceptors (Lipinski definition) is 15. The van der Waals surface area contributed by atoms with E-state index in [1.165, 1.54) is 0 Å². The van der Waals surface area contributed by atoms with Crippen LogP contribution in [-0.2, 0) is 41.8 Å². The Morgan fingerprint density at radius 2 is 1.72 bits per heavy atom. The summed E-state index contributed by atoms with van der Waals surface area (Å²) >= 11 is 0. The molecule has 1 aromatic rings. The van der Waals surface area contributed by atoms with Crippen LogP contribution in [0, 0.1) is 0 Å². The van der Waals surface area contributed by atoms with E-state index >= 15 is 0 Å². The Hall–Kier alpha value is -2.86. The molecule has 4 unspecified atom stereocenters. The van der Waals surface area contributed by atoms with E-state index < -0.39 is 81.8 Å². The molecule has 1 fully saturated rings. The molecule has 2 heterocycles. The number of phosphoric ester groups is 1. The zero-order valence-corrected chi connectivity index (χ0v) is 20.0. The number of hydrogen-bond donors (Lipinski definition) is 3. The van der Waals surface area contributed by atoms with Crippen molar-refractivity contribution in [1.29, 1.82) is 0 Å². The molecule has 1 aliphatic rings. The molecule has 0 spiro atoms. The van der Waals surface area contributed by atoms with Gasteiger partial charge in [-0.1, -0.05) is 0 Å². The molecule has 4 atom stereocenters. The monoisotopic (exact) mass is 546 g/mol. The van der Waals surface area contributed by atoms with E-state index in [0.717, 1.165) is 33.4 Å². The van der Waals surface area contributed by atoms with Crippen LogP contribution in [0.3, 0.4) is 0 Å². The zero-order valence-electron chi connectivity index (χ0n) is 19.1. The number of H-pyrrole nitrogens is 1. The summed E-state index contributed by atoms with van der Waals surface area (Å²) < 4.78 is 64.9. The molecule has 0 saturated carbocycles. The van der Waals surface area contributed by atoms with E-state index in [1.54, 1.807) is 0 Å². The number of halogens is 1. The first-order valence-electron chi connectivity index (χ1n) is 9.75. The number of methoxy groups -OCH3 is 2. The summed E-state index contributed by atoms with van der Waals surface area (Å²) in [6.45, 7) is -3.82. The van der Waals surface area contributed by atoms with Crippen molar-refractivity contribution in [3.05, 3.63) is 33.1 Å². The van der Waals surface area contributed by atoms with Gasteiger partial charge in [0, 0.05) is 12.3 Å². The molecular formula is C17H24FN2O15P. The van der Waals surface area contributed by atoms with Gasteiger partial charge in [0.2, 0.25) is 13.6 Å². The standard InChI is InChI=1S/C17H24FN2O15P/c1-16(26)11(22)17(6-18,35-12(16)20-5-4-10(21)19-13(20)23)7-32-36(27,33-8-30-14(24)28-2)34-9-31-15(25)29-3/h4-5,11-12,22,26H,6-9H2,1-3H3,(H,19,21,23). The average molecular weight is 546 g/mol. The van der Waals surface area contributed by atoms with Crippen LogP contribution in [0.1, 0.15) is 13.2 Å². The van der Waals surface area contributed by atoms with Crippen LogP contribution in [0.15, 0.2) is 21.9 Å². The summed E-state index contributed by atoms with van der Waals surface area (Å²) in [6.07, 6.45) is -5.40. The third-order valence-corrected chi connectivity index (χ3v) is 6.09. The lowest BCUT2D eigenvalue weighted by Crippen LogP contribution is -2.53. The molecule has 1 aromatic heterocycles. The van der Waals surface area contributed by atoms with Gasteiger partial charge in [0.15, 0.2) is 11.8 Å². The van der Waals surface area contributed by atoms with Gasteiger partial charge in [0.05, 0.1) is 20.8 Å². The largest absolute Gasteiger partial charge is 0.510 e. The van der Waals surface area contributed by atoms with Gasteiger partial charge < -0.3 is 33.9 Å². The van der Waals surface area contributed by atoms with Crippen LogP contribution in [0.4, 0.5) is 14.0 Å². The number of aliphatic hydroxyl groups excluding tert-OH is 1. The quantitative estimate of drug-likeness (QED) is 0.181. The van der Waals surface area contributed by atoms with Crippen molar-refractivity contribution in [3.63, 3.8) is 0 Å². The van der Waals surface area contributed by atoms with Crippen molar-refractivity contribution in [2.45, 2.75) is 30.5 Å². The number of carbonyl (C=O) groups is 2. The molecule has 204 valence electrons. The Bertz CT molecular complexity index is 1060. The van der Waals surface area contributed by atoms with E-state index in [2.05, 4.69) is 18.9 Å². The number of ether oxygens (including phenoxy) is 5. The Morgan fingerprint density at radius 1 is 1.17 bits per heavy atom. The van der Waals surface area contributed by atoms with Crippen molar-refractivity contribution >= 4 is 20.1 Å². The second kappa shape index (κ2) is 11.9. The molecule has 2 rings (SSSR count). The fraction of sp³-hybridized carbons (Fsp3) is 0.647. The summed E-state index contributed by atoms with van der Waals surface area (Å²) in [5, 5.41) is 21.5. The number of phosphoric acid groups is 1. The predicted molar refractivity (Wildman–Crippen MR) is 109 cm³/mol. The van der Waals surface area contributed by atoms with Crippen LogP contribution >= 0.6 is 7.82 Å². The van der Waals surface area contributed by atoms with Gasteiger partial charge in [0.1, 0.15) is 18.4 Å². The van der Waals surface area contributed by atoms with E-state index in [1.807, 2.05) is 4.98 Å². The highest BCUT2D eigenvalue weighted by molar-refractivity contribution is 7.48. The summed E-state index contributed by atoms with van der Waals surface area (Å²) in [5.41, 5.74) is -6.62. The lowest BCUT2D eigenvalue weighted by Gasteiger charge is -2.31. The number of alkyl halides is 1. The molecule has 1 aliphatic heterocycles. The van der Waals surface area contributed by atoms with Gasteiger partial charge in [-0.25, -0.2) is 32.4 Å². The van der Waals surface area contributed by atoms with Gasteiger partial charge in [0.25, 0.3) is 5.56 Å². The maximum atomic E-state index is 14.2. The Morgan fingerprint density at radius 3 is 2.19 bits per heavy atom. The van der Waals surface area contributed by atoms with Gasteiger partial charge in [-0.3, -0.25) is 18.9 Å². The zero-order chi connectivity index (χ0) is 27.1. The first kappa shape index (κ1) is 29.4. The molecule has 0 aliphatic carbocycles. The fourth-order valence-corrected chi connectivity index (χ4v) is 3.94. The minimum absolute atomic E-state index is 0.684. The normalized spacial score (nSPS) is 25.8. The summed E-state index contributed by atoms with van der Waals surface area (Å²) in [6, 6.07) is 0.914. The summed E-state index contributed by atoms with van der Waals surface area (Å²) in [7, 11) is -2.92. The van der Waals surface area contributed by atoms with Crippen LogP contribution in [-0.4, -0.2) is 90.5 Å². The first-order chi connectivity index (χ1) is 16.8. The first-order valence-corrected chi connectivity index (χ1v) is 11.2. The minimum Gasteiger partial charge on any atom is -0.438 e. The van der Waals surface area contributed by atoms with Crippen molar-refractivity contribution in [2.75, 3.05) is 41.1 Å². The topological polar surface area (TPSA) is 220 Å². The summed E-state index contributed by atoms with van der Waals surface area (Å²) in [5.74, 6) is 0. The van der Waals surface area contributed by atoms with Crippen LogP contribution in [0.25, 0.3) is 0 Å². The third kappa shape index (κ3) is 6.67. The second-order valence-corrected chi connectivity index (χ2v) is 8.89. The Balaban J connectivity index is 2.26. The molecule has 0 radical (unpaired) electrons. The van der Waals surface area contributed by atoms with Gasteiger partial charge in [-0.2, -0.15) is 0 Å². The second-order valence-electron chi connectivity index (χ2n) is 7.23. The van der Waals surface area contributed by atoms with E-state index in [0.29, 0.717) is 4.57 Å². The molecule has 19 heteroatoms. The number of carbonyl (C=O) groups excluding carboxylic acids is 2. The molecule has 0 amide bonds.